The summed E-state index contributed by atoms with van der Waals surface area (Å²) in [5.41, 5.74) is 2.06. The van der Waals surface area contributed by atoms with E-state index < -0.39 is 0 Å². The van der Waals surface area contributed by atoms with Gasteiger partial charge in [0.05, 0.1) is 0 Å². The van der Waals surface area contributed by atoms with Gasteiger partial charge in [0.2, 0.25) is 0 Å². The molecule has 0 bridgehead atoms. The average Bonchev–Trinajstić information content (AvgIpc) is 3.13. The Kier molecular flexibility index (Phi) is 8.20. The van der Waals surface area contributed by atoms with E-state index >= 15 is 0 Å². The maximum absolute atomic E-state index is 12.9. The number of benzene rings is 1. The standard InChI is InChI=1S/C20H31N3O.ClH/c1-21-11-8-18-6-2-3-7-19(18)20(24)23-14-9-17(10-15-23)16-22-12-4-5-13-22;/h2-3,6-7,17,21H,4-5,8-16H2,1H3;1H. The van der Waals surface area contributed by atoms with E-state index in [4.69, 9.17) is 0 Å². The Morgan fingerprint density at radius 3 is 2.48 bits per heavy atom. The van der Waals surface area contributed by atoms with Crippen LogP contribution in [0.15, 0.2) is 24.3 Å². The number of nitrogens with one attached hydrogen (secondary N) is 1. The number of likely N-dealkylation sites (N-methyl/N-ethyl adjacent to an activating group) is 1. The topological polar surface area (TPSA) is 35.6 Å². The molecule has 0 spiro atoms. The Hall–Kier alpha value is -1.10. The number of nitrogens with zero attached hydrogens (tertiary/aromatic N) is 2. The van der Waals surface area contributed by atoms with Gasteiger partial charge in [0.15, 0.2) is 0 Å². The van der Waals surface area contributed by atoms with Crippen LogP contribution < -0.4 is 5.32 Å². The largest absolute Gasteiger partial charge is 0.339 e. The van der Waals surface area contributed by atoms with Crippen LogP contribution in [0, 0.1) is 5.92 Å². The molecule has 0 atom stereocenters. The summed E-state index contributed by atoms with van der Waals surface area (Å²) in [6, 6.07) is 8.09. The number of rotatable bonds is 6. The number of hydrogen-bond donors (Lipinski definition) is 1. The molecule has 1 aromatic carbocycles. The van der Waals surface area contributed by atoms with E-state index in [-0.39, 0.29) is 18.3 Å². The molecule has 5 heteroatoms. The van der Waals surface area contributed by atoms with Crippen LogP contribution in [0.2, 0.25) is 0 Å². The number of amides is 1. The van der Waals surface area contributed by atoms with Gasteiger partial charge in [-0.2, -0.15) is 0 Å². The van der Waals surface area contributed by atoms with Crippen molar-refractivity contribution in [2.45, 2.75) is 32.1 Å². The molecule has 2 aliphatic rings. The molecule has 3 rings (SSSR count). The van der Waals surface area contributed by atoms with Gasteiger partial charge in [-0.25, -0.2) is 0 Å². The Bertz CT molecular complexity index is 537. The minimum absolute atomic E-state index is 0. The molecular formula is C20H32ClN3O. The molecule has 2 saturated heterocycles. The average molecular weight is 366 g/mol. The second kappa shape index (κ2) is 10.1. The highest BCUT2D eigenvalue weighted by atomic mass is 35.5. The first kappa shape index (κ1) is 20.2. The molecule has 0 aromatic heterocycles. The van der Waals surface area contributed by atoms with Crippen LogP contribution in [-0.2, 0) is 6.42 Å². The fraction of sp³-hybridized carbons (Fsp3) is 0.650. The second-order valence-electron chi connectivity index (χ2n) is 7.25. The van der Waals surface area contributed by atoms with Crippen LogP contribution in [0.3, 0.4) is 0 Å². The highest BCUT2D eigenvalue weighted by Crippen LogP contribution is 2.23. The van der Waals surface area contributed by atoms with Crippen molar-refractivity contribution in [3.05, 3.63) is 35.4 Å². The molecule has 0 radical (unpaired) electrons. The van der Waals surface area contributed by atoms with Crippen molar-refractivity contribution in [1.82, 2.24) is 15.1 Å². The van der Waals surface area contributed by atoms with Gasteiger partial charge in [0, 0.05) is 25.2 Å². The summed E-state index contributed by atoms with van der Waals surface area (Å²) in [4.78, 5) is 17.6. The van der Waals surface area contributed by atoms with E-state index in [0.29, 0.717) is 0 Å². The fourth-order valence-electron chi connectivity index (χ4n) is 4.03. The lowest BCUT2D eigenvalue weighted by Crippen LogP contribution is -2.41. The van der Waals surface area contributed by atoms with E-state index in [1.807, 2.05) is 25.2 Å². The number of likely N-dealkylation sites (tertiary alicyclic amines) is 2. The Labute approximate surface area is 158 Å². The highest BCUT2D eigenvalue weighted by molar-refractivity contribution is 5.95. The molecule has 4 nitrogen and oxygen atoms in total. The first-order valence-corrected chi connectivity index (χ1v) is 9.52. The SMILES string of the molecule is CNCCc1ccccc1C(=O)N1CCC(CN2CCCC2)CC1.Cl. The van der Waals surface area contributed by atoms with Crippen LogP contribution in [-0.4, -0.2) is 62.0 Å². The molecule has 0 saturated carbocycles. The summed E-state index contributed by atoms with van der Waals surface area (Å²) in [6.07, 6.45) is 5.94. The molecule has 25 heavy (non-hydrogen) atoms. The van der Waals surface area contributed by atoms with Crippen molar-refractivity contribution in [2.75, 3.05) is 46.3 Å². The fourth-order valence-corrected chi connectivity index (χ4v) is 4.03. The molecule has 1 N–H and O–H groups in total. The van der Waals surface area contributed by atoms with Gasteiger partial charge in [-0.15, -0.1) is 12.4 Å². The van der Waals surface area contributed by atoms with Crippen molar-refractivity contribution in [2.24, 2.45) is 5.92 Å². The van der Waals surface area contributed by atoms with E-state index in [2.05, 4.69) is 21.2 Å². The third-order valence-electron chi connectivity index (χ3n) is 5.51. The first-order chi connectivity index (χ1) is 11.8. The molecule has 1 amide bonds. The van der Waals surface area contributed by atoms with E-state index in [1.165, 1.54) is 32.5 Å². The van der Waals surface area contributed by atoms with Gasteiger partial charge in [-0.1, -0.05) is 18.2 Å². The lowest BCUT2D eigenvalue weighted by molar-refractivity contribution is 0.0672. The Morgan fingerprint density at radius 2 is 1.80 bits per heavy atom. The van der Waals surface area contributed by atoms with Gasteiger partial charge >= 0.3 is 0 Å². The molecule has 2 heterocycles. The summed E-state index contributed by atoms with van der Waals surface area (Å²) in [7, 11) is 1.95. The lowest BCUT2D eigenvalue weighted by atomic mass is 9.95. The van der Waals surface area contributed by atoms with Gasteiger partial charge in [0.1, 0.15) is 0 Å². The maximum Gasteiger partial charge on any atom is 0.254 e. The normalized spacial score (nSPS) is 19.0. The maximum atomic E-state index is 12.9. The first-order valence-electron chi connectivity index (χ1n) is 9.52. The van der Waals surface area contributed by atoms with E-state index in [9.17, 15) is 4.79 Å². The van der Waals surface area contributed by atoms with Gasteiger partial charge in [-0.05, 0) is 76.3 Å². The van der Waals surface area contributed by atoms with Gasteiger partial charge < -0.3 is 15.1 Å². The second-order valence-corrected chi connectivity index (χ2v) is 7.25. The third-order valence-corrected chi connectivity index (χ3v) is 5.51. The summed E-state index contributed by atoms with van der Waals surface area (Å²) in [6.45, 7) is 6.52. The van der Waals surface area contributed by atoms with Gasteiger partial charge in [0.25, 0.3) is 5.91 Å². The zero-order valence-corrected chi connectivity index (χ0v) is 16.2. The molecule has 0 aliphatic carbocycles. The number of piperidine rings is 1. The smallest absolute Gasteiger partial charge is 0.254 e. The molecule has 2 fully saturated rings. The van der Waals surface area contributed by atoms with Crippen molar-refractivity contribution in [1.29, 1.82) is 0 Å². The van der Waals surface area contributed by atoms with Crippen LogP contribution in [0.1, 0.15) is 41.6 Å². The van der Waals surface area contributed by atoms with Crippen LogP contribution in [0.25, 0.3) is 0 Å². The molecular weight excluding hydrogens is 334 g/mol. The lowest BCUT2D eigenvalue weighted by Gasteiger charge is -2.34. The number of carbonyl (C=O) groups excluding carboxylic acids is 1. The minimum Gasteiger partial charge on any atom is -0.339 e. The summed E-state index contributed by atoms with van der Waals surface area (Å²) in [5.74, 6) is 0.994. The molecule has 140 valence electrons. The summed E-state index contributed by atoms with van der Waals surface area (Å²) < 4.78 is 0. The van der Waals surface area contributed by atoms with Crippen molar-refractivity contribution in [3.8, 4) is 0 Å². The number of hydrogen-bond acceptors (Lipinski definition) is 3. The zero-order chi connectivity index (χ0) is 16.8. The van der Waals surface area contributed by atoms with Crippen LogP contribution in [0.5, 0.6) is 0 Å². The molecule has 0 unspecified atom stereocenters. The summed E-state index contributed by atoms with van der Waals surface area (Å²) >= 11 is 0. The highest BCUT2D eigenvalue weighted by Gasteiger charge is 2.26. The van der Waals surface area contributed by atoms with Crippen LogP contribution >= 0.6 is 12.4 Å². The Morgan fingerprint density at radius 1 is 1.12 bits per heavy atom. The third kappa shape index (κ3) is 5.44. The quantitative estimate of drug-likeness (QED) is 0.842. The number of carbonyl (C=O) groups is 1. The monoisotopic (exact) mass is 365 g/mol. The molecule has 1 aromatic rings. The van der Waals surface area contributed by atoms with E-state index in [1.54, 1.807) is 0 Å². The number of halogens is 1. The molecule has 2 aliphatic heterocycles. The van der Waals surface area contributed by atoms with E-state index in [0.717, 1.165) is 55.9 Å². The van der Waals surface area contributed by atoms with Gasteiger partial charge in [-0.3, -0.25) is 4.79 Å². The Balaban J connectivity index is 0.00000225. The predicted molar refractivity (Wildman–Crippen MR) is 106 cm³/mol. The van der Waals surface area contributed by atoms with Crippen LogP contribution in [0.4, 0.5) is 0 Å². The van der Waals surface area contributed by atoms with Crippen molar-refractivity contribution < 1.29 is 4.79 Å². The predicted octanol–water partition coefficient (Wildman–Crippen LogP) is 2.82. The van der Waals surface area contributed by atoms with Crippen molar-refractivity contribution in [3.63, 3.8) is 0 Å². The van der Waals surface area contributed by atoms with Crippen molar-refractivity contribution >= 4 is 18.3 Å². The zero-order valence-electron chi connectivity index (χ0n) is 15.4. The minimum atomic E-state index is 0. The summed E-state index contributed by atoms with van der Waals surface area (Å²) in [5, 5.41) is 3.17.